The topological polar surface area (TPSA) is 25.2 Å². The van der Waals surface area contributed by atoms with Gasteiger partial charge in [0.25, 0.3) is 0 Å². The van der Waals surface area contributed by atoms with E-state index in [0.29, 0.717) is 6.04 Å². The number of nitrogens with one attached hydrogen (secondary N) is 1. The van der Waals surface area contributed by atoms with Crippen LogP contribution in [0.15, 0.2) is 40.8 Å². The first-order valence-electron chi connectivity index (χ1n) is 6.91. The molecule has 2 heterocycles. The van der Waals surface area contributed by atoms with Gasteiger partial charge >= 0.3 is 0 Å². The van der Waals surface area contributed by atoms with Gasteiger partial charge in [0, 0.05) is 21.2 Å². The second-order valence-electron chi connectivity index (χ2n) is 5.22. The molecule has 0 saturated heterocycles. The fraction of sp³-hybridized carbons (Fsp3) is 0.294. The average molecular weight is 285 g/mol. The summed E-state index contributed by atoms with van der Waals surface area (Å²) in [5.74, 6) is 0.989. The van der Waals surface area contributed by atoms with Gasteiger partial charge in [0.2, 0.25) is 0 Å². The normalized spacial score (nSPS) is 12.9. The molecule has 0 aliphatic rings. The van der Waals surface area contributed by atoms with Crippen LogP contribution < -0.4 is 5.32 Å². The SMILES string of the molecule is Cc1cc(C(C)NCc2cc3ccccc3o2)c(C)s1. The first kappa shape index (κ1) is 13.4. The molecule has 0 saturated carbocycles. The minimum atomic E-state index is 0.341. The molecule has 3 aromatic rings. The summed E-state index contributed by atoms with van der Waals surface area (Å²) in [7, 11) is 0. The zero-order valence-corrected chi connectivity index (χ0v) is 12.9. The summed E-state index contributed by atoms with van der Waals surface area (Å²) < 4.78 is 5.83. The van der Waals surface area contributed by atoms with Crippen LogP contribution in [-0.4, -0.2) is 0 Å². The Morgan fingerprint density at radius 2 is 2.00 bits per heavy atom. The van der Waals surface area contributed by atoms with Crippen LogP contribution in [-0.2, 0) is 6.54 Å². The molecule has 0 spiro atoms. The summed E-state index contributed by atoms with van der Waals surface area (Å²) in [6.45, 7) is 7.31. The van der Waals surface area contributed by atoms with Gasteiger partial charge in [-0.15, -0.1) is 11.3 Å². The van der Waals surface area contributed by atoms with E-state index < -0.39 is 0 Å². The molecule has 1 aromatic carbocycles. The van der Waals surface area contributed by atoms with E-state index in [9.17, 15) is 0 Å². The Kier molecular flexibility index (Phi) is 3.64. The molecule has 0 aliphatic carbocycles. The van der Waals surface area contributed by atoms with E-state index in [1.165, 1.54) is 20.7 Å². The molecule has 0 aliphatic heterocycles. The van der Waals surface area contributed by atoms with Gasteiger partial charge in [0.05, 0.1) is 6.54 Å². The van der Waals surface area contributed by atoms with E-state index in [0.717, 1.165) is 17.9 Å². The maximum Gasteiger partial charge on any atom is 0.134 e. The van der Waals surface area contributed by atoms with Crippen molar-refractivity contribution in [3.05, 3.63) is 57.5 Å². The van der Waals surface area contributed by atoms with E-state index in [-0.39, 0.29) is 0 Å². The van der Waals surface area contributed by atoms with Crippen LogP contribution in [0.5, 0.6) is 0 Å². The minimum absolute atomic E-state index is 0.341. The van der Waals surface area contributed by atoms with Gasteiger partial charge in [-0.1, -0.05) is 18.2 Å². The maximum atomic E-state index is 5.83. The highest BCUT2D eigenvalue weighted by molar-refractivity contribution is 7.12. The molecule has 0 amide bonds. The molecule has 104 valence electrons. The molecule has 1 N–H and O–H groups in total. The monoisotopic (exact) mass is 285 g/mol. The lowest BCUT2D eigenvalue weighted by Crippen LogP contribution is -2.17. The molecule has 0 bridgehead atoms. The molecule has 3 heteroatoms. The molecular weight excluding hydrogens is 266 g/mol. The van der Waals surface area contributed by atoms with Gasteiger partial charge in [0.15, 0.2) is 0 Å². The lowest BCUT2D eigenvalue weighted by atomic mass is 10.1. The number of rotatable bonds is 4. The number of furan rings is 1. The van der Waals surface area contributed by atoms with Crippen molar-refractivity contribution >= 4 is 22.3 Å². The van der Waals surface area contributed by atoms with Gasteiger partial charge in [-0.2, -0.15) is 0 Å². The van der Waals surface area contributed by atoms with Crippen molar-refractivity contribution in [2.45, 2.75) is 33.4 Å². The highest BCUT2D eigenvalue weighted by atomic mass is 32.1. The lowest BCUT2D eigenvalue weighted by molar-refractivity contribution is 0.482. The van der Waals surface area contributed by atoms with Crippen LogP contribution in [0.3, 0.4) is 0 Å². The third-order valence-corrected chi connectivity index (χ3v) is 4.59. The van der Waals surface area contributed by atoms with Gasteiger partial charge in [-0.05, 0) is 44.5 Å². The molecule has 2 nitrogen and oxygen atoms in total. The van der Waals surface area contributed by atoms with Crippen molar-refractivity contribution in [2.24, 2.45) is 0 Å². The summed E-state index contributed by atoms with van der Waals surface area (Å²) in [6.07, 6.45) is 0. The number of hydrogen-bond donors (Lipinski definition) is 1. The van der Waals surface area contributed by atoms with Gasteiger partial charge in [0.1, 0.15) is 11.3 Å². The smallest absolute Gasteiger partial charge is 0.134 e. The van der Waals surface area contributed by atoms with E-state index in [4.69, 9.17) is 4.42 Å². The Balaban J connectivity index is 1.71. The number of thiophene rings is 1. The Bertz CT molecular complexity index is 693. The van der Waals surface area contributed by atoms with Crippen LogP contribution in [0, 0.1) is 13.8 Å². The Morgan fingerprint density at radius 3 is 2.70 bits per heavy atom. The highest BCUT2D eigenvalue weighted by Crippen LogP contribution is 2.26. The zero-order valence-electron chi connectivity index (χ0n) is 12.1. The average Bonchev–Trinajstić information content (AvgIpc) is 2.98. The first-order valence-corrected chi connectivity index (χ1v) is 7.73. The van der Waals surface area contributed by atoms with E-state index in [1.54, 1.807) is 0 Å². The molecule has 0 fully saturated rings. The summed E-state index contributed by atoms with van der Waals surface area (Å²) in [4.78, 5) is 2.77. The first-order chi connectivity index (χ1) is 9.63. The Morgan fingerprint density at radius 1 is 1.20 bits per heavy atom. The molecule has 0 radical (unpaired) electrons. The second-order valence-corrected chi connectivity index (χ2v) is 6.68. The number of para-hydroxylation sites is 1. The molecule has 3 rings (SSSR count). The van der Waals surface area contributed by atoms with E-state index in [2.05, 4.69) is 44.3 Å². The van der Waals surface area contributed by atoms with Crippen LogP contribution in [0.2, 0.25) is 0 Å². The predicted molar refractivity (Wildman–Crippen MR) is 85.3 cm³/mol. The van der Waals surface area contributed by atoms with Crippen LogP contribution in [0.1, 0.15) is 34.0 Å². The van der Waals surface area contributed by atoms with Gasteiger partial charge in [-0.25, -0.2) is 0 Å². The summed E-state index contributed by atoms with van der Waals surface area (Å²) in [5, 5.41) is 4.71. The number of benzene rings is 1. The quantitative estimate of drug-likeness (QED) is 0.732. The number of hydrogen-bond acceptors (Lipinski definition) is 3. The number of fused-ring (bicyclic) bond motifs is 1. The molecule has 1 unspecified atom stereocenters. The molecular formula is C17H19NOS. The van der Waals surface area contributed by atoms with Crippen molar-refractivity contribution < 1.29 is 4.42 Å². The molecule has 1 atom stereocenters. The maximum absolute atomic E-state index is 5.83. The summed E-state index contributed by atoms with van der Waals surface area (Å²) >= 11 is 1.86. The third-order valence-electron chi connectivity index (χ3n) is 3.60. The van der Waals surface area contributed by atoms with Crippen molar-refractivity contribution in [1.29, 1.82) is 0 Å². The van der Waals surface area contributed by atoms with Crippen LogP contribution in [0.25, 0.3) is 11.0 Å². The largest absolute Gasteiger partial charge is 0.460 e. The van der Waals surface area contributed by atoms with Gasteiger partial charge < -0.3 is 9.73 Å². The Hall–Kier alpha value is -1.58. The van der Waals surface area contributed by atoms with Crippen molar-refractivity contribution in [3.63, 3.8) is 0 Å². The van der Waals surface area contributed by atoms with Crippen molar-refractivity contribution in [3.8, 4) is 0 Å². The molecule has 20 heavy (non-hydrogen) atoms. The van der Waals surface area contributed by atoms with Gasteiger partial charge in [-0.3, -0.25) is 0 Å². The fourth-order valence-electron chi connectivity index (χ4n) is 2.57. The van der Waals surface area contributed by atoms with E-state index in [1.807, 2.05) is 29.5 Å². The number of aryl methyl sites for hydroxylation is 2. The van der Waals surface area contributed by atoms with Crippen molar-refractivity contribution in [1.82, 2.24) is 5.32 Å². The fourth-order valence-corrected chi connectivity index (χ4v) is 3.59. The molecule has 2 aromatic heterocycles. The minimum Gasteiger partial charge on any atom is -0.460 e. The Labute approximate surface area is 123 Å². The highest BCUT2D eigenvalue weighted by Gasteiger charge is 2.11. The van der Waals surface area contributed by atoms with Crippen molar-refractivity contribution in [2.75, 3.05) is 0 Å². The summed E-state index contributed by atoms with van der Waals surface area (Å²) in [6, 6.07) is 12.9. The zero-order chi connectivity index (χ0) is 14.1. The standard InChI is InChI=1S/C17H19NOS/c1-11-8-16(13(3)20-11)12(2)18-10-15-9-14-6-4-5-7-17(14)19-15/h4-9,12,18H,10H2,1-3H3. The van der Waals surface area contributed by atoms with Crippen LogP contribution in [0.4, 0.5) is 0 Å². The third kappa shape index (κ3) is 2.65. The predicted octanol–water partition coefficient (Wildman–Crippen LogP) is 4.96. The summed E-state index contributed by atoms with van der Waals surface area (Å²) in [5.41, 5.74) is 2.35. The van der Waals surface area contributed by atoms with E-state index >= 15 is 0 Å². The van der Waals surface area contributed by atoms with Crippen LogP contribution >= 0.6 is 11.3 Å². The second kappa shape index (κ2) is 5.43. The lowest BCUT2D eigenvalue weighted by Gasteiger charge is -2.12.